The van der Waals surface area contributed by atoms with Crippen LogP contribution in [-0.4, -0.2) is 24.4 Å². The Hall–Kier alpha value is -1.79. The molecule has 0 saturated heterocycles. The Morgan fingerprint density at radius 2 is 2.20 bits per heavy atom. The smallest absolute Gasteiger partial charge is 0.225 e. The summed E-state index contributed by atoms with van der Waals surface area (Å²) in [5.41, 5.74) is 7.40. The first kappa shape index (κ1) is 16.3. The molecule has 2 N–H and O–H groups in total. The van der Waals surface area contributed by atoms with Gasteiger partial charge < -0.3 is 10.6 Å². The monoisotopic (exact) mass is 272 g/mol. The van der Waals surface area contributed by atoms with Gasteiger partial charge in [0.1, 0.15) is 0 Å². The minimum Gasteiger partial charge on any atom is -0.341 e. The molecule has 1 aromatic rings. The van der Waals surface area contributed by atoms with Crippen molar-refractivity contribution in [3.8, 4) is 11.8 Å². The van der Waals surface area contributed by atoms with Crippen molar-refractivity contribution in [3.05, 3.63) is 35.4 Å². The van der Waals surface area contributed by atoms with Crippen LogP contribution in [0.5, 0.6) is 0 Å². The van der Waals surface area contributed by atoms with Crippen molar-refractivity contribution < 1.29 is 4.79 Å². The lowest BCUT2D eigenvalue weighted by Crippen LogP contribution is -2.31. The maximum atomic E-state index is 12.2. The van der Waals surface area contributed by atoms with Crippen LogP contribution in [0.4, 0.5) is 0 Å². The minimum atomic E-state index is 0.0882. The van der Waals surface area contributed by atoms with Gasteiger partial charge in [0.05, 0.1) is 6.54 Å². The second kappa shape index (κ2) is 8.39. The van der Waals surface area contributed by atoms with E-state index in [1.807, 2.05) is 38.2 Å². The van der Waals surface area contributed by atoms with Crippen molar-refractivity contribution in [2.75, 3.05) is 13.6 Å². The summed E-state index contributed by atoms with van der Waals surface area (Å²) < 4.78 is 0. The summed E-state index contributed by atoms with van der Waals surface area (Å²) in [6.07, 6.45) is 1.97. The lowest BCUT2D eigenvalue weighted by molar-refractivity contribution is -0.134. The third-order valence-corrected chi connectivity index (χ3v) is 3.20. The molecule has 0 spiro atoms. The number of hydrogen-bond donors (Lipinski definition) is 1. The van der Waals surface area contributed by atoms with Crippen molar-refractivity contribution >= 4 is 5.91 Å². The lowest BCUT2D eigenvalue weighted by Gasteiger charge is -2.21. The van der Waals surface area contributed by atoms with E-state index in [4.69, 9.17) is 5.73 Å². The van der Waals surface area contributed by atoms with Crippen LogP contribution in [0, 0.1) is 17.8 Å². The summed E-state index contributed by atoms with van der Waals surface area (Å²) in [5, 5.41) is 0. The van der Waals surface area contributed by atoms with Gasteiger partial charge >= 0.3 is 0 Å². The first-order chi connectivity index (χ1) is 9.58. The van der Waals surface area contributed by atoms with E-state index < -0.39 is 0 Å². The van der Waals surface area contributed by atoms with E-state index in [2.05, 4.69) is 18.8 Å². The van der Waals surface area contributed by atoms with Gasteiger partial charge in [-0.3, -0.25) is 4.79 Å². The van der Waals surface area contributed by atoms with Crippen LogP contribution in [0.15, 0.2) is 24.3 Å². The van der Waals surface area contributed by atoms with Gasteiger partial charge in [0.2, 0.25) is 5.91 Å². The quantitative estimate of drug-likeness (QED) is 0.837. The number of carbonyl (C=O) groups is 1. The molecule has 0 heterocycles. The summed E-state index contributed by atoms with van der Waals surface area (Å²) in [6, 6.07) is 7.94. The Kier molecular flexibility index (Phi) is 6.83. The maximum absolute atomic E-state index is 12.2. The highest BCUT2D eigenvalue weighted by Crippen LogP contribution is 2.12. The first-order valence-corrected chi connectivity index (χ1v) is 7.11. The first-order valence-electron chi connectivity index (χ1n) is 7.11. The van der Waals surface area contributed by atoms with E-state index in [0.717, 1.165) is 24.0 Å². The van der Waals surface area contributed by atoms with Gasteiger partial charge in [-0.1, -0.05) is 44.2 Å². The Balaban J connectivity index is 2.70. The number of benzene rings is 1. The Bertz CT molecular complexity index is 499. The summed E-state index contributed by atoms with van der Waals surface area (Å²) >= 11 is 0. The van der Waals surface area contributed by atoms with Crippen molar-refractivity contribution in [3.63, 3.8) is 0 Å². The molecule has 0 bridgehead atoms. The molecule has 3 heteroatoms. The zero-order chi connectivity index (χ0) is 15.0. The van der Waals surface area contributed by atoms with Crippen LogP contribution < -0.4 is 5.73 Å². The number of carbonyl (C=O) groups excluding carboxylic acids is 1. The van der Waals surface area contributed by atoms with Crippen LogP contribution >= 0.6 is 0 Å². The van der Waals surface area contributed by atoms with E-state index in [1.165, 1.54) is 0 Å². The normalized spacial score (nSPS) is 11.4. The average molecular weight is 272 g/mol. The predicted octanol–water partition coefficient (Wildman–Crippen LogP) is 2.39. The highest BCUT2D eigenvalue weighted by Gasteiger charge is 2.16. The predicted molar refractivity (Wildman–Crippen MR) is 82.9 cm³/mol. The SMILES string of the molecule is CCCC(C)C(=O)N(C)Cc1cccc(C#CCN)c1. The molecular formula is C17H24N2O. The number of rotatable bonds is 5. The summed E-state index contributed by atoms with van der Waals surface area (Å²) in [4.78, 5) is 14.0. The van der Waals surface area contributed by atoms with E-state index in [1.54, 1.807) is 4.90 Å². The zero-order valence-corrected chi connectivity index (χ0v) is 12.6. The topological polar surface area (TPSA) is 46.3 Å². The fourth-order valence-electron chi connectivity index (χ4n) is 2.19. The van der Waals surface area contributed by atoms with Gasteiger partial charge in [0.25, 0.3) is 0 Å². The summed E-state index contributed by atoms with van der Waals surface area (Å²) in [5.74, 6) is 6.14. The molecule has 1 amide bonds. The van der Waals surface area contributed by atoms with Gasteiger partial charge in [0.15, 0.2) is 0 Å². The molecule has 108 valence electrons. The molecule has 20 heavy (non-hydrogen) atoms. The Morgan fingerprint density at radius 3 is 2.85 bits per heavy atom. The largest absolute Gasteiger partial charge is 0.341 e. The van der Waals surface area contributed by atoms with E-state index >= 15 is 0 Å². The molecule has 0 aromatic heterocycles. The molecule has 1 unspecified atom stereocenters. The number of nitrogens with zero attached hydrogens (tertiary/aromatic N) is 1. The van der Waals surface area contributed by atoms with Crippen LogP contribution in [0.1, 0.15) is 37.8 Å². The van der Waals surface area contributed by atoms with E-state index in [9.17, 15) is 4.79 Å². The highest BCUT2D eigenvalue weighted by atomic mass is 16.2. The second-order valence-corrected chi connectivity index (χ2v) is 5.09. The van der Waals surface area contributed by atoms with Gasteiger partial charge in [-0.2, -0.15) is 0 Å². The van der Waals surface area contributed by atoms with Crippen molar-refractivity contribution in [1.29, 1.82) is 0 Å². The molecule has 1 atom stereocenters. The number of hydrogen-bond acceptors (Lipinski definition) is 2. The van der Waals surface area contributed by atoms with E-state index in [0.29, 0.717) is 13.1 Å². The number of amides is 1. The fourth-order valence-corrected chi connectivity index (χ4v) is 2.19. The fraction of sp³-hybridized carbons (Fsp3) is 0.471. The summed E-state index contributed by atoms with van der Waals surface area (Å²) in [6.45, 7) is 5.07. The second-order valence-electron chi connectivity index (χ2n) is 5.09. The average Bonchev–Trinajstić information content (AvgIpc) is 2.44. The molecule has 3 nitrogen and oxygen atoms in total. The molecule has 0 aliphatic heterocycles. The third kappa shape index (κ3) is 5.07. The Labute approximate surface area is 122 Å². The molecule has 1 aromatic carbocycles. The molecule has 0 fully saturated rings. The van der Waals surface area contributed by atoms with Crippen LogP contribution in [0.2, 0.25) is 0 Å². The van der Waals surface area contributed by atoms with Gasteiger partial charge in [-0.15, -0.1) is 0 Å². The van der Waals surface area contributed by atoms with E-state index in [-0.39, 0.29) is 11.8 Å². The van der Waals surface area contributed by atoms with Crippen molar-refractivity contribution in [1.82, 2.24) is 4.90 Å². The van der Waals surface area contributed by atoms with Crippen LogP contribution in [0.3, 0.4) is 0 Å². The standard InChI is InChI=1S/C17H24N2O/c1-4-7-14(2)17(20)19(3)13-16-9-5-8-15(12-16)10-6-11-18/h5,8-9,12,14H,4,7,11,13,18H2,1-3H3. The molecule has 0 radical (unpaired) electrons. The van der Waals surface area contributed by atoms with Gasteiger partial charge in [-0.05, 0) is 24.1 Å². The minimum absolute atomic E-state index is 0.0882. The zero-order valence-electron chi connectivity index (χ0n) is 12.6. The number of nitrogens with two attached hydrogens (primary N) is 1. The van der Waals surface area contributed by atoms with Gasteiger partial charge in [0, 0.05) is 25.1 Å². The van der Waals surface area contributed by atoms with Crippen molar-refractivity contribution in [2.45, 2.75) is 33.2 Å². The molecule has 0 aliphatic carbocycles. The maximum Gasteiger partial charge on any atom is 0.225 e. The lowest BCUT2D eigenvalue weighted by atomic mass is 10.0. The molecule has 0 saturated carbocycles. The van der Waals surface area contributed by atoms with Crippen LogP contribution in [0.25, 0.3) is 0 Å². The van der Waals surface area contributed by atoms with Crippen LogP contribution in [-0.2, 0) is 11.3 Å². The van der Waals surface area contributed by atoms with Crippen molar-refractivity contribution in [2.24, 2.45) is 11.7 Å². The summed E-state index contributed by atoms with van der Waals surface area (Å²) in [7, 11) is 1.85. The molecular weight excluding hydrogens is 248 g/mol. The third-order valence-electron chi connectivity index (χ3n) is 3.20. The Morgan fingerprint density at radius 1 is 1.45 bits per heavy atom. The molecule has 1 rings (SSSR count). The van der Waals surface area contributed by atoms with Gasteiger partial charge in [-0.25, -0.2) is 0 Å². The highest BCUT2D eigenvalue weighted by molar-refractivity contribution is 5.78. The molecule has 0 aliphatic rings.